The molecule has 0 fully saturated rings. The number of hydrogen-bond donors (Lipinski definition) is 0. The predicted octanol–water partition coefficient (Wildman–Crippen LogP) is 7.03. The van der Waals surface area contributed by atoms with Crippen molar-refractivity contribution in [3.05, 3.63) is 90.5 Å². The van der Waals surface area contributed by atoms with Crippen molar-refractivity contribution in [2.45, 2.75) is 78.5 Å². The first-order valence-corrected chi connectivity index (χ1v) is 13.2. The van der Waals surface area contributed by atoms with E-state index in [-0.39, 0.29) is 31.1 Å². The van der Waals surface area contributed by atoms with E-state index >= 15 is 0 Å². The van der Waals surface area contributed by atoms with Gasteiger partial charge in [-0.25, -0.2) is 0 Å². The van der Waals surface area contributed by atoms with Gasteiger partial charge in [-0.15, -0.1) is 6.58 Å². The van der Waals surface area contributed by atoms with E-state index in [2.05, 4.69) is 6.58 Å². The van der Waals surface area contributed by atoms with Crippen LogP contribution in [-0.4, -0.2) is 38.2 Å². The van der Waals surface area contributed by atoms with Crippen LogP contribution in [0.4, 0.5) is 0 Å². The van der Waals surface area contributed by atoms with Gasteiger partial charge in [0.05, 0.1) is 37.9 Å². The number of rotatable bonds is 18. The minimum Gasteiger partial charge on any atom is -0.497 e. The van der Waals surface area contributed by atoms with Gasteiger partial charge < -0.3 is 23.7 Å². The summed E-state index contributed by atoms with van der Waals surface area (Å²) < 4.78 is 29.4. The quantitative estimate of drug-likeness (QED) is 0.0903. The van der Waals surface area contributed by atoms with Crippen molar-refractivity contribution in [2.75, 3.05) is 13.9 Å². The maximum Gasteiger partial charge on any atom is 0.315 e. The van der Waals surface area contributed by atoms with E-state index in [1.54, 1.807) is 7.11 Å². The topological polar surface area (TPSA) is 63.2 Å². The fourth-order valence-electron chi connectivity index (χ4n) is 3.89. The Kier molecular flexibility index (Phi) is 13.8. The lowest BCUT2D eigenvalue weighted by molar-refractivity contribution is -0.166. The van der Waals surface area contributed by atoms with Crippen molar-refractivity contribution in [3.63, 3.8) is 0 Å². The van der Waals surface area contributed by atoms with E-state index in [0.29, 0.717) is 26.1 Å². The smallest absolute Gasteiger partial charge is 0.315 e. The summed E-state index contributed by atoms with van der Waals surface area (Å²) >= 11 is 0. The van der Waals surface area contributed by atoms with Crippen LogP contribution in [0.5, 0.6) is 5.75 Å². The molecule has 0 N–H and O–H groups in total. The first-order valence-electron chi connectivity index (χ1n) is 13.2. The van der Waals surface area contributed by atoms with Crippen LogP contribution in [0.1, 0.15) is 58.1 Å². The number of methoxy groups -OCH3 is 1. The first-order chi connectivity index (χ1) is 18.3. The van der Waals surface area contributed by atoms with Gasteiger partial charge in [0, 0.05) is 6.42 Å². The minimum atomic E-state index is -0.714. The van der Waals surface area contributed by atoms with Crippen LogP contribution >= 0.6 is 0 Å². The molecule has 6 nitrogen and oxygen atoms in total. The van der Waals surface area contributed by atoms with Gasteiger partial charge in [-0.2, -0.15) is 0 Å². The minimum absolute atomic E-state index is 0.129. The zero-order valence-corrected chi connectivity index (χ0v) is 23.6. The molecule has 0 spiro atoms. The zero-order valence-electron chi connectivity index (χ0n) is 23.6. The van der Waals surface area contributed by atoms with Crippen molar-refractivity contribution >= 4 is 5.97 Å². The van der Waals surface area contributed by atoms with Gasteiger partial charge in [-0.3, -0.25) is 4.79 Å². The second-order valence-electron chi connectivity index (χ2n) is 9.87. The normalized spacial score (nSPS) is 14.1. The highest BCUT2D eigenvalue weighted by Gasteiger charge is 2.31. The Labute approximate surface area is 228 Å². The van der Waals surface area contributed by atoms with Gasteiger partial charge in [0.2, 0.25) is 0 Å². The number of carbonyl (C=O) groups is 1. The monoisotopic (exact) mass is 524 g/mol. The largest absolute Gasteiger partial charge is 0.497 e. The van der Waals surface area contributed by atoms with Crippen molar-refractivity contribution in [2.24, 2.45) is 5.41 Å². The Morgan fingerprint density at radius 3 is 2.32 bits per heavy atom. The van der Waals surface area contributed by atoms with Crippen molar-refractivity contribution in [1.82, 2.24) is 0 Å². The van der Waals surface area contributed by atoms with E-state index in [1.165, 1.54) is 0 Å². The molecule has 6 heteroatoms. The fraction of sp³-hybridized carbons (Fsp3) is 0.469. The second-order valence-corrected chi connectivity index (χ2v) is 9.87. The number of carbonyl (C=O) groups excluding carboxylic acids is 1. The van der Waals surface area contributed by atoms with E-state index < -0.39 is 5.41 Å². The van der Waals surface area contributed by atoms with Crippen LogP contribution in [-0.2, 0) is 37.0 Å². The molecule has 38 heavy (non-hydrogen) atoms. The van der Waals surface area contributed by atoms with Gasteiger partial charge in [0.15, 0.2) is 0 Å². The zero-order chi connectivity index (χ0) is 27.8. The van der Waals surface area contributed by atoms with Crippen molar-refractivity contribution < 1.29 is 28.5 Å². The molecule has 3 atom stereocenters. The van der Waals surface area contributed by atoms with E-state index in [9.17, 15) is 4.79 Å². The third-order valence-corrected chi connectivity index (χ3v) is 6.24. The Morgan fingerprint density at radius 2 is 1.68 bits per heavy atom. The summed E-state index contributed by atoms with van der Waals surface area (Å²) in [6.45, 7) is 12.4. The third kappa shape index (κ3) is 11.2. The van der Waals surface area contributed by atoms with Gasteiger partial charge in [-0.05, 0) is 63.8 Å². The molecule has 0 saturated heterocycles. The van der Waals surface area contributed by atoms with Gasteiger partial charge in [0.25, 0.3) is 0 Å². The van der Waals surface area contributed by atoms with E-state index in [1.807, 2.05) is 101 Å². The molecular formula is C32H44O6. The molecule has 0 bridgehead atoms. The molecule has 2 aromatic carbocycles. The van der Waals surface area contributed by atoms with Crippen LogP contribution in [0, 0.1) is 5.41 Å². The van der Waals surface area contributed by atoms with Crippen molar-refractivity contribution in [3.8, 4) is 5.75 Å². The molecule has 0 aliphatic carbocycles. The molecule has 2 rings (SSSR count). The van der Waals surface area contributed by atoms with E-state index in [4.69, 9.17) is 23.7 Å². The summed E-state index contributed by atoms with van der Waals surface area (Å²) in [5.41, 5.74) is 1.38. The summed E-state index contributed by atoms with van der Waals surface area (Å²) in [6, 6.07) is 17.7. The number of esters is 1. The average Bonchev–Trinajstić information content (AvgIpc) is 2.92. The van der Waals surface area contributed by atoms with Crippen LogP contribution in [0.15, 0.2) is 79.4 Å². The summed E-state index contributed by atoms with van der Waals surface area (Å²) in [6.07, 6.45) is 6.46. The van der Waals surface area contributed by atoms with Crippen LogP contribution in [0.2, 0.25) is 0 Å². The average molecular weight is 525 g/mol. The maximum absolute atomic E-state index is 13.0. The van der Waals surface area contributed by atoms with Gasteiger partial charge in [-0.1, -0.05) is 60.7 Å². The maximum atomic E-state index is 13.0. The first kappa shape index (κ1) is 31.3. The molecule has 0 saturated carbocycles. The molecule has 0 heterocycles. The number of ether oxygens (including phenoxy) is 5. The van der Waals surface area contributed by atoms with Crippen molar-refractivity contribution in [1.29, 1.82) is 0 Å². The molecule has 0 aliphatic rings. The van der Waals surface area contributed by atoms with Crippen LogP contribution in [0.25, 0.3) is 0 Å². The predicted molar refractivity (Wildman–Crippen MR) is 151 cm³/mol. The van der Waals surface area contributed by atoms with Gasteiger partial charge >= 0.3 is 5.97 Å². The summed E-state index contributed by atoms with van der Waals surface area (Å²) in [5, 5.41) is 0. The standard InChI is InChI=1S/C32H44O6/c1-7-9-15-29(38-31(33)32(4,5)20-8-2)21-30(36-23-27-16-18-28(34-6)19-17-27)25(3)37-24-35-22-26-13-11-10-12-14-26/h7-8,10-14,16-20,25,29-30H,1,9,15,21-24H2,2-6H3/b20-8+/t25-,29+,30-/m1/s1. The Morgan fingerprint density at radius 1 is 1.00 bits per heavy atom. The number of hydrogen-bond acceptors (Lipinski definition) is 6. The number of benzene rings is 2. The SMILES string of the molecule is C=CCC[C@@H](C[C@@H](OCc1ccc(OC)cc1)[C@@H](C)OCOCc1ccccc1)OC(=O)C(C)(C)/C=C/C. The van der Waals surface area contributed by atoms with Gasteiger partial charge in [0.1, 0.15) is 18.6 Å². The van der Waals surface area contributed by atoms with E-state index in [0.717, 1.165) is 23.3 Å². The molecule has 208 valence electrons. The summed E-state index contributed by atoms with van der Waals surface area (Å²) in [7, 11) is 1.64. The highest BCUT2D eigenvalue weighted by Crippen LogP contribution is 2.25. The van der Waals surface area contributed by atoms with Crippen LogP contribution < -0.4 is 4.74 Å². The lowest BCUT2D eigenvalue weighted by Gasteiger charge is -2.30. The van der Waals surface area contributed by atoms with Crippen LogP contribution in [0.3, 0.4) is 0 Å². The summed E-state index contributed by atoms with van der Waals surface area (Å²) in [5.74, 6) is 0.524. The highest BCUT2D eigenvalue weighted by atomic mass is 16.7. The highest BCUT2D eigenvalue weighted by molar-refractivity contribution is 5.78. The second kappa shape index (κ2) is 16.8. The molecular weight excluding hydrogens is 480 g/mol. The summed E-state index contributed by atoms with van der Waals surface area (Å²) in [4.78, 5) is 13.0. The molecule has 2 aromatic rings. The third-order valence-electron chi connectivity index (χ3n) is 6.24. The molecule has 0 radical (unpaired) electrons. The lowest BCUT2D eigenvalue weighted by atomic mass is 9.93. The number of allylic oxidation sites excluding steroid dienone is 2. The molecule has 0 aromatic heterocycles. The molecule has 0 aliphatic heterocycles. The lowest BCUT2D eigenvalue weighted by Crippen LogP contribution is -2.36. The Balaban J connectivity index is 2.08. The molecule has 0 unspecified atom stereocenters. The fourth-order valence-corrected chi connectivity index (χ4v) is 3.89. The molecule has 0 amide bonds. The Hall–Kier alpha value is -2.93. The Bertz CT molecular complexity index is 967.